The Bertz CT molecular complexity index is 598. The van der Waals surface area contributed by atoms with Crippen molar-refractivity contribution in [1.29, 1.82) is 0 Å². The van der Waals surface area contributed by atoms with Crippen molar-refractivity contribution in [1.82, 2.24) is 15.2 Å². The topological polar surface area (TPSA) is 40.3 Å². The summed E-state index contributed by atoms with van der Waals surface area (Å²) in [5.74, 6) is 0. The van der Waals surface area contributed by atoms with Crippen LogP contribution in [0, 0.1) is 0 Å². The first-order valence-corrected chi connectivity index (χ1v) is 7.95. The molecule has 1 fully saturated rings. The molecule has 21 heavy (non-hydrogen) atoms. The van der Waals surface area contributed by atoms with Crippen molar-refractivity contribution >= 4 is 22.5 Å². The zero-order valence-corrected chi connectivity index (χ0v) is 13.1. The minimum absolute atomic E-state index is 0.266. The number of halogens is 1. The van der Waals surface area contributed by atoms with Gasteiger partial charge in [0.2, 0.25) is 0 Å². The van der Waals surface area contributed by atoms with Crippen LogP contribution in [0.15, 0.2) is 24.3 Å². The largest absolute Gasteiger partial charge is 0.374 e. The Hall–Kier alpha value is -1.07. The summed E-state index contributed by atoms with van der Waals surface area (Å²) in [5, 5.41) is 5.35. The molecule has 3 rings (SSSR count). The molecule has 2 aromatic rings. The maximum atomic E-state index is 6.41. The van der Waals surface area contributed by atoms with Crippen molar-refractivity contribution in [2.24, 2.45) is 0 Å². The number of ether oxygens (including phenoxy) is 1. The van der Waals surface area contributed by atoms with Crippen molar-refractivity contribution in [3.05, 3.63) is 35.0 Å². The molecule has 1 aromatic carbocycles. The number of fused-ring (bicyclic) bond motifs is 1. The first kappa shape index (κ1) is 14.9. The molecule has 2 N–H and O–H groups in total. The fourth-order valence-corrected chi connectivity index (χ4v) is 3.11. The molecule has 0 spiro atoms. The van der Waals surface area contributed by atoms with E-state index < -0.39 is 0 Å². The predicted molar refractivity (Wildman–Crippen MR) is 86.9 cm³/mol. The molecule has 1 aliphatic heterocycles. The normalized spacial score (nSPS) is 20.2. The highest BCUT2D eigenvalue weighted by Gasteiger charge is 2.19. The van der Waals surface area contributed by atoms with E-state index in [0.29, 0.717) is 0 Å². The fourth-order valence-electron chi connectivity index (χ4n) is 2.83. The number of rotatable bonds is 5. The number of aromatic amines is 1. The van der Waals surface area contributed by atoms with Gasteiger partial charge in [-0.1, -0.05) is 36.7 Å². The second-order valence-electron chi connectivity index (χ2n) is 5.48. The molecule has 0 saturated carbocycles. The maximum absolute atomic E-state index is 6.41. The second kappa shape index (κ2) is 6.79. The number of likely N-dealkylation sites (N-methyl/N-ethyl adjacent to an activating group) is 1. The summed E-state index contributed by atoms with van der Waals surface area (Å²) >= 11 is 6.41. The molecule has 4 nitrogen and oxygen atoms in total. The highest BCUT2D eigenvalue weighted by molar-refractivity contribution is 6.36. The third-order valence-electron chi connectivity index (χ3n) is 4.06. The number of nitrogens with one attached hydrogen (secondary N) is 2. The fraction of sp³-hybridized carbons (Fsp3) is 0.500. The number of morpholine rings is 1. The van der Waals surface area contributed by atoms with Crippen molar-refractivity contribution in [3.63, 3.8) is 0 Å². The molecular weight excluding hydrogens is 286 g/mol. The summed E-state index contributed by atoms with van der Waals surface area (Å²) in [6.07, 6.45) is 0.266. The Morgan fingerprint density at radius 3 is 3.10 bits per heavy atom. The smallest absolute Gasteiger partial charge is 0.0826 e. The molecule has 0 amide bonds. The Labute approximate surface area is 130 Å². The number of hydrogen-bond acceptors (Lipinski definition) is 3. The second-order valence-corrected chi connectivity index (χ2v) is 5.86. The van der Waals surface area contributed by atoms with Crippen molar-refractivity contribution in [2.75, 3.05) is 32.8 Å². The Balaban J connectivity index is 1.56. The highest BCUT2D eigenvalue weighted by Crippen LogP contribution is 2.26. The summed E-state index contributed by atoms with van der Waals surface area (Å²) < 4.78 is 5.79. The van der Waals surface area contributed by atoms with Crippen LogP contribution in [0.5, 0.6) is 0 Å². The lowest BCUT2D eigenvalue weighted by Crippen LogP contribution is -2.46. The molecule has 1 saturated heterocycles. The van der Waals surface area contributed by atoms with Gasteiger partial charge in [-0.15, -0.1) is 0 Å². The Morgan fingerprint density at radius 1 is 1.43 bits per heavy atom. The van der Waals surface area contributed by atoms with Gasteiger partial charge >= 0.3 is 0 Å². The van der Waals surface area contributed by atoms with E-state index in [9.17, 15) is 0 Å². The van der Waals surface area contributed by atoms with E-state index in [0.717, 1.165) is 61.0 Å². The van der Waals surface area contributed by atoms with Gasteiger partial charge in [-0.25, -0.2) is 0 Å². The molecule has 1 aromatic heterocycles. The molecule has 2 heterocycles. The molecule has 0 radical (unpaired) electrons. The number of nitrogens with zero attached hydrogens (tertiary/aromatic N) is 1. The summed E-state index contributed by atoms with van der Waals surface area (Å²) in [7, 11) is 0. The quantitative estimate of drug-likeness (QED) is 0.892. The van der Waals surface area contributed by atoms with Gasteiger partial charge < -0.3 is 15.0 Å². The monoisotopic (exact) mass is 307 g/mol. The summed E-state index contributed by atoms with van der Waals surface area (Å²) in [5.41, 5.74) is 2.13. The minimum atomic E-state index is 0.266. The van der Waals surface area contributed by atoms with E-state index in [1.807, 2.05) is 24.3 Å². The van der Waals surface area contributed by atoms with E-state index in [1.165, 1.54) is 0 Å². The number of para-hydroxylation sites is 1. The first-order valence-electron chi connectivity index (χ1n) is 7.57. The lowest BCUT2D eigenvalue weighted by molar-refractivity contribution is -0.0254. The maximum Gasteiger partial charge on any atom is 0.0826 e. The van der Waals surface area contributed by atoms with Crippen LogP contribution in [0.3, 0.4) is 0 Å². The van der Waals surface area contributed by atoms with Gasteiger partial charge in [0.1, 0.15) is 0 Å². The molecule has 1 unspecified atom stereocenters. The van der Waals surface area contributed by atoms with Gasteiger partial charge in [-0.05, 0) is 12.6 Å². The van der Waals surface area contributed by atoms with Crippen molar-refractivity contribution in [2.45, 2.75) is 19.6 Å². The average Bonchev–Trinajstić information content (AvgIpc) is 2.84. The molecule has 1 aliphatic rings. The number of benzene rings is 1. The zero-order chi connectivity index (χ0) is 14.7. The summed E-state index contributed by atoms with van der Waals surface area (Å²) in [4.78, 5) is 5.80. The van der Waals surface area contributed by atoms with Crippen LogP contribution in [0.1, 0.15) is 12.6 Å². The van der Waals surface area contributed by atoms with Crippen LogP contribution in [-0.2, 0) is 11.3 Å². The number of hydrogen-bond donors (Lipinski definition) is 2. The highest BCUT2D eigenvalue weighted by atomic mass is 35.5. The lowest BCUT2D eigenvalue weighted by atomic mass is 10.2. The van der Waals surface area contributed by atoms with Crippen LogP contribution >= 0.6 is 11.6 Å². The van der Waals surface area contributed by atoms with Crippen LogP contribution in [0.4, 0.5) is 0 Å². The average molecular weight is 308 g/mol. The number of aromatic nitrogens is 1. The van der Waals surface area contributed by atoms with Gasteiger partial charge in [-0.3, -0.25) is 4.90 Å². The molecule has 0 aliphatic carbocycles. The number of H-pyrrole nitrogens is 1. The third-order valence-corrected chi connectivity index (χ3v) is 4.49. The van der Waals surface area contributed by atoms with Crippen LogP contribution in [0.2, 0.25) is 5.02 Å². The molecular formula is C16H22ClN3O. The standard InChI is InChI=1S/C16H22ClN3O/c1-2-20-7-8-21-12(11-20)9-18-10-15-16(17)13-5-3-4-6-14(13)19-15/h3-6,12,18-19H,2,7-11H2,1H3. The zero-order valence-electron chi connectivity index (χ0n) is 12.4. The van der Waals surface area contributed by atoms with E-state index in [1.54, 1.807) is 0 Å². The van der Waals surface area contributed by atoms with E-state index in [4.69, 9.17) is 16.3 Å². The minimum Gasteiger partial charge on any atom is -0.374 e. The van der Waals surface area contributed by atoms with E-state index >= 15 is 0 Å². The summed E-state index contributed by atoms with van der Waals surface area (Å²) in [6.45, 7) is 7.74. The molecule has 114 valence electrons. The van der Waals surface area contributed by atoms with Gasteiger partial charge in [-0.2, -0.15) is 0 Å². The van der Waals surface area contributed by atoms with Crippen molar-refractivity contribution in [3.8, 4) is 0 Å². The Morgan fingerprint density at radius 2 is 2.29 bits per heavy atom. The van der Waals surface area contributed by atoms with Crippen molar-refractivity contribution < 1.29 is 4.74 Å². The van der Waals surface area contributed by atoms with Gasteiger partial charge in [0.05, 0.1) is 17.7 Å². The first-order chi connectivity index (χ1) is 10.3. The third kappa shape index (κ3) is 3.40. The van der Waals surface area contributed by atoms with Gasteiger partial charge in [0, 0.05) is 42.8 Å². The molecule has 0 bridgehead atoms. The SMILES string of the molecule is CCN1CCOC(CNCc2[nH]c3ccccc3c2Cl)C1. The van der Waals surface area contributed by atoms with Gasteiger partial charge in [0.25, 0.3) is 0 Å². The summed E-state index contributed by atoms with van der Waals surface area (Å²) in [6, 6.07) is 8.12. The Kier molecular flexibility index (Phi) is 4.80. The van der Waals surface area contributed by atoms with Crippen LogP contribution < -0.4 is 5.32 Å². The van der Waals surface area contributed by atoms with Crippen LogP contribution in [-0.4, -0.2) is 48.8 Å². The molecule has 1 atom stereocenters. The van der Waals surface area contributed by atoms with E-state index in [-0.39, 0.29) is 6.10 Å². The lowest BCUT2D eigenvalue weighted by Gasteiger charge is -2.32. The van der Waals surface area contributed by atoms with Gasteiger partial charge in [0.15, 0.2) is 0 Å². The molecule has 5 heteroatoms. The predicted octanol–water partition coefficient (Wildman–Crippen LogP) is 2.63. The van der Waals surface area contributed by atoms with E-state index in [2.05, 4.69) is 22.1 Å². The van der Waals surface area contributed by atoms with Crippen LogP contribution in [0.25, 0.3) is 10.9 Å².